The van der Waals surface area contributed by atoms with E-state index < -0.39 is 0 Å². The molecular weight excluding hydrogens is 358 g/mol. The van der Waals surface area contributed by atoms with Crippen LogP contribution in [0.2, 0.25) is 0 Å². The summed E-state index contributed by atoms with van der Waals surface area (Å²) in [4.78, 5) is 23.4. The Bertz CT molecular complexity index is 806. The molecule has 1 heterocycles. The molecule has 1 aromatic heterocycles. The highest BCUT2D eigenvalue weighted by Gasteiger charge is 2.10. The molecule has 2 rings (SSSR count). The predicted molar refractivity (Wildman–Crippen MR) is 97.5 cm³/mol. The first kappa shape index (κ1) is 19.3. The SMILES string of the molecule is CCCC(=O)Nc1nnc(CC(=O)N/N=C\c2ccc(O)c(OC)c2)s1. The van der Waals surface area contributed by atoms with E-state index >= 15 is 0 Å². The summed E-state index contributed by atoms with van der Waals surface area (Å²) >= 11 is 1.14. The highest BCUT2D eigenvalue weighted by molar-refractivity contribution is 7.15. The number of aromatic hydroxyl groups is 1. The van der Waals surface area contributed by atoms with Gasteiger partial charge in [0.05, 0.1) is 19.7 Å². The molecule has 0 atom stereocenters. The molecule has 0 bridgehead atoms. The molecule has 2 aromatic rings. The fourth-order valence-electron chi connectivity index (χ4n) is 1.91. The van der Waals surface area contributed by atoms with Crippen LogP contribution in [-0.2, 0) is 16.0 Å². The molecule has 138 valence electrons. The van der Waals surface area contributed by atoms with Crippen LogP contribution in [-0.4, -0.2) is 40.4 Å². The molecule has 26 heavy (non-hydrogen) atoms. The van der Waals surface area contributed by atoms with E-state index in [4.69, 9.17) is 4.74 Å². The molecule has 10 heteroatoms. The average Bonchev–Trinajstić information content (AvgIpc) is 3.03. The Morgan fingerprint density at radius 3 is 2.88 bits per heavy atom. The van der Waals surface area contributed by atoms with Gasteiger partial charge in [0.2, 0.25) is 16.9 Å². The van der Waals surface area contributed by atoms with E-state index in [0.717, 1.165) is 17.8 Å². The van der Waals surface area contributed by atoms with Crippen molar-refractivity contribution < 1.29 is 19.4 Å². The van der Waals surface area contributed by atoms with Crippen LogP contribution >= 0.6 is 11.3 Å². The largest absolute Gasteiger partial charge is 0.504 e. The molecule has 0 saturated heterocycles. The summed E-state index contributed by atoms with van der Waals surface area (Å²) in [5.41, 5.74) is 3.03. The van der Waals surface area contributed by atoms with E-state index in [-0.39, 0.29) is 24.0 Å². The maximum absolute atomic E-state index is 11.9. The number of hydrazone groups is 1. The fourth-order valence-corrected chi connectivity index (χ4v) is 2.67. The lowest BCUT2D eigenvalue weighted by Crippen LogP contribution is -2.19. The van der Waals surface area contributed by atoms with Crippen molar-refractivity contribution in [3.8, 4) is 11.5 Å². The number of aromatic nitrogens is 2. The van der Waals surface area contributed by atoms with Crippen LogP contribution in [0.1, 0.15) is 30.3 Å². The number of nitrogens with zero attached hydrogens (tertiary/aromatic N) is 3. The molecule has 0 fully saturated rings. The van der Waals surface area contributed by atoms with E-state index in [0.29, 0.717) is 27.9 Å². The van der Waals surface area contributed by atoms with E-state index in [1.807, 2.05) is 6.92 Å². The first-order valence-electron chi connectivity index (χ1n) is 7.83. The minimum absolute atomic E-state index is 0.00243. The van der Waals surface area contributed by atoms with Crippen LogP contribution in [0.5, 0.6) is 11.5 Å². The number of ether oxygens (including phenoxy) is 1. The summed E-state index contributed by atoms with van der Waals surface area (Å²) in [6.45, 7) is 1.91. The van der Waals surface area contributed by atoms with E-state index in [9.17, 15) is 14.7 Å². The van der Waals surface area contributed by atoms with Crippen molar-refractivity contribution in [2.75, 3.05) is 12.4 Å². The second kappa shape index (κ2) is 9.47. The van der Waals surface area contributed by atoms with Crippen LogP contribution in [0.15, 0.2) is 23.3 Å². The first-order chi connectivity index (χ1) is 12.5. The predicted octanol–water partition coefficient (Wildman–Crippen LogP) is 1.68. The van der Waals surface area contributed by atoms with Crippen molar-refractivity contribution in [1.82, 2.24) is 15.6 Å². The van der Waals surface area contributed by atoms with Gasteiger partial charge in [0.25, 0.3) is 0 Å². The average molecular weight is 377 g/mol. The lowest BCUT2D eigenvalue weighted by atomic mass is 10.2. The van der Waals surface area contributed by atoms with Gasteiger partial charge in [-0.2, -0.15) is 5.10 Å². The lowest BCUT2D eigenvalue weighted by molar-refractivity contribution is -0.120. The van der Waals surface area contributed by atoms with Crippen LogP contribution in [0, 0.1) is 0 Å². The van der Waals surface area contributed by atoms with E-state index in [1.165, 1.54) is 19.4 Å². The zero-order valence-electron chi connectivity index (χ0n) is 14.4. The smallest absolute Gasteiger partial charge is 0.247 e. The Balaban J connectivity index is 1.85. The number of rotatable bonds is 8. The number of phenolic OH excluding ortho intramolecular Hbond substituents is 1. The maximum atomic E-state index is 11.9. The summed E-state index contributed by atoms with van der Waals surface area (Å²) in [5, 5.41) is 24.5. The lowest BCUT2D eigenvalue weighted by Gasteiger charge is -2.03. The van der Waals surface area contributed by atoms with E-state index in [1.54, 1.807) is 12.1 Å². The van der Waals surface area contributed by atoms with Crippen LogP contribution in [0.3, 0.4) is 0 Å². The highest BCUT2D eigenvalue weighted by atomic mass is 32.1. The first-order valence-corrected chi connectivity index (χ1v) is 8.64. The van der Waals surface area contributed by atoms with Gasteiger partial charge in [0, 0.05) is 6.42 Å². The van der Waals surface area contributed by atoms with Gasteiger partial charge in [-0.25, -0.2) is 5.43 Å². The topological polar surface area (TPSA) is 126 Å². The van der Waals surface area contributed by atoms with Gasteiger partial charge in [-0.3, -0.25) is 9.59 Å². The molecule has 0 aliphatic carbocycles. The molecule has 9 nitrogen and oxygen atoms in total. The van der Waals surface area contributed by atoms with Gasteiger partial charge < -0.3 is 15.2 Å². The van der Waals surface area contributed by atoms with Crippen molar-refractivity contribution in [2.24, 2.45) is 5.10 Å². The minimum Gasteiger partial charge on any atom is -0.504 e. The standard InChI is InChI=1S/C16H19N5O4S/c1-3-4-13(23)18-16-21-20-15(26-16)8-14(24)19-17-9-10-5-6-11(22)12(7-10)25-2/h5-7,9,22H,3-4,8H2,1-2H3,(H,19,24)(H,18,21,23)/b17-9-. The summed E-state index contributed by atoms with van der Waals surface area (Å²) < 4.78 is 4.99. The van der Waals surface area contributed by atoms with Gasteiger partial charge in [0.15, 0.2) is 11.5 Å². The normalized spacial score (nSPS) is 10.7. The number of benzene rings is 1. The fraction of sp³-hybridized carbons (Fsp3) is 0.312. The van der Waals surface area contributed by atoms with Crippen molar-refractivity contribution >= 4 is 34.5 Å². The van der Waals surface area contributed by atoms with Gasteiger partial charge in [-0.05, 0) is 30.2 Å². The Kier molecular flexibility index (Phi) is 7.03. The summed E-state index contributed by atoms with van der Waals surface area (Å²) in [6, 6.07) is 4.68. The molecule has 1 aromatic carbocycles. The summed E-state index contributed by atoms with van der Waals surface area (Å²) in [7, 11) is 1.44. The number of amides is 2. The summed E-state index contributed by atoms with van der Waals surface area (Å²) in [5.74, 6) is -0.165. The third-order valence-electron chi connectivity index (χ3n) is 3.11. The molecule has 0 radical (unpaired) electrons. The number of anilines is 1. The van der Waals surface area contributed by atoms with Gasteiger partial charge in [-0.1, -0.05) is 18.3 Å². The Hall–Kier alpha value is -3.01. The third kappa shape index (κ3) is 5.81. The molecule has 0 spiro atoms. The molecule has 2 amide bonds. The Labute approximate surface area is 154 Å². The molecule has 0 aliphatic rings. The van der Waals surface area contributed by atoms with Crippen molar-refractivity contribution in [3.05, 3.63) is 28.8 Å². The monoisotopic (exact) mass is 377 g/mol. The number of hydrogen-bond donors (Lipinski definition) is 3. The molecule has 0 unspecified atom stereocenters. The number of phenols is 1. The maximum Gasteiger partial charge on any atom is 0.247 e. The van der Waals surface area contributed by atoms with Crippen molar-refractivity contribution in [1.29, 1.82) is 0 Å². The highest BCUT2D eigenvalue weighted by Crippen LogP contribution is 2.25. The molecule has 3 N–H and O–H groups in total. The van der Waals surface area contributed by atoms with Crippen molar-refractivity contribution in [2.45, 2.75) is 26.2 Å². The molecular formula is C16H19N5O4S. The van der Waals surface area contributed by atoms with Crippen LogP contribution < -0.4 is 15.5 Å². The zero-order valence-corrected chi connectivity index (χ0v) is 15.2. The Morgan fingerprint density at radius 1 is 1.35 bits per heavy atom. The van der Waals surface area contributed by atoms with Gasteiger partial charge in [-0.15, -0.1) is 10.2 Å². The summed E-state index contributed by atoms with van der Waals surface area (Å²) in [6.07, 6.45) is 2.57. The second-order valence-electron chi connectivity index (χ2n) is 5.20. The van der Waals surface area contributed by atoms with E-state index in [2.05, 4.69) is 26.0 Å². The van der Waals surface area contributed by atoms with Gasteiger partial charge >= 0.3 is 0 Å². The van der Waals surface area contributed by atoms with Crippen molar-refractivity contribution in [3.63, 3.8) is 0 Å². The van der Waals surface area contributed by atoms with Crippen LogP contribution in [0.4, 0.5) is 5.13 Å². The number of carbonyl (C=O) groups excluding carboxylic acids is 2. The van der Waals surface area contributed by atoms with Gasteiger partial charge in [0.1, 0.15) is 5.01 Å². The number of hydrogen-bond acceptors (Lipinski definition) is 8. The number of nitrogens with one attached hydrogen (secondary N) is 2. The van der Waals surface area contributed by atoms with Crippen LogP contribution in [0.25, 0.3) is 0 Å². The quantitative estimate of drug-likeness (QED) is 0.475. The second-order valence-corrected chi connectivity index (χ2v) is 6.26. The number of methoxy groups -OCH3 is 1. The third-order valence-corrected chi connectivity index (χ3v) is 3.95. The Morgan fingerprint density at radius 2 is 2.15 bits per heavy atom. The molecule has 0 aliphatic heterocycles. The number of carbonyl (C=O) groups is 2. The zero-order chi connectivity index (χ0) is 18.9. The minimum atomic E-state index is -0.366. The molecule has 0 saturated carbocycles.